The van der Waals surface area contributed by atoms with Gasteiger partial charge in [-0.3, -0.25) is 4.84 Å². The molecule has 3 nitrogen and oxygen atoms in total. The number of nitrogens with two attached hydrogens (primary N) is 1. The number of rotatable bonds is 4. The average Bonchev–Trinajstić information content (AvgIpc) is 1.86. The summed E-state index contributed by atoms with van der Waals surface area (Å²) in [5, 5.41) is 0. The summed E-state index contributed by atoms with van der Waals surface area (Å²) in [4.78, 5) is 4.85. The van der Waals surface area contributed by atoms with Crippen molar-refractivity contribution >= 4 is 0 Å². The fraction of sp³-hybridized carbons (Fsp3) is 1.00. The van der Waals surface area contributed by atoms with E-state index in [1.807, 2.05) is 13.8 Å². The van der Waals surface area contributed by atoms with Crippen LogP contribution in [-0.4, -0.2) is 12.1 Å². The standard InChI is InChI=1S/C8H20N2O/c1-7(2,6-9)5-8(3,4)11-10/h5-6,9-10H2,1-4H3/p+1. The van der Waals surface area contributed by atoms with Gasteiger partial charge in [0.15, 0.2) is 0 Å². The molecule has 0 amide bonds. The second kappa shape index (κ2) is 3.52. The van der Waals surface area contributed by atoms with Crippen molar-refractivity contribution in [3.05, 3.63) is 0 Å². The summed E-state index contributed by atoms with van der Waals surface area (Å²) >= 11 is 0. The van der Waals surface area contributed by atoms with Crippen molar-refractivity contribution in [2.24, 2.45) is 11.3 Å². The Morgan fingerprint density at radius 1 is 1.27 bits per heavy atom. The molecule has 0 saturated heterocycles. The van der Waals surface area contributed by atoms with Crippen molar-refractivity contribution in [2.75, 3.05) is 6.54 Å². The Morgan fingerprint density at radius 2 is 1.73 bits per heavy atom. The van der Waals surface area contributed by atoms with Crippen molar-refractivity contribution in [1.82, 2.24) is 0 Å². The number of hydrogen-bond donors (Lipinski definition) is 2. The fourth-order valence-electron chi connectivity index (χ4n) is 1.28. The summed E-state index contributed by atoms with van der Waals surface area (Å²) in [6, 6.07) is 0. The summed E-state index contributed by atoms with van der Waals surface area (Å²) in [6.07, 6.45) is 0.931. The monoisotopic (exact) mass is 161 g/mol. The maximum absolute atomic E-state index is 5.15. The van der Waals surface area contributed by atoms with E-state index in [-0.39, 0.29) is 11.0 Å². The summed E-state index contributed by atoms with van der Waals surface area (Å²) in [5.74, 6) is 5.15. The maximum Gasteiger partial charge on any atom is 0.0845 e. The van der Waals surface area contributed by atoms with E-state index < -0.39 is 0 Å². The third-order valence-corrected chi connectivity index (χ3v) is 1.90. The van der Waals surface area contributed by atoms with Crippen molar-refractivity contribution in [1.29, 1.82) is 0 Å². The molecule has 0 rings (SSSR count). The minimum absolute atomic E-state index is 0.211. The molecule has 0 heterocycles. The lowest BCUT2D eigenvalue weighted by atomic mass is 9.82. The maximum atomic E-state index is 5.15. The van der Waals surface area contributed by atoms with Crippen LogP contribution in [0.3, 0.4) is 0 Å². The first-order chi connectivity index (χ1) is 4.83. The summed E-state index contributed by atoms with van der Waals surface area (Å²) in [7, 11) is 0. The van der Waals surface area contributed by atoms with Crippen molar-refractivity contribution in [3.63, 3.8) is 0 Å². The summed E-state index contributed by atoms with van der Waals surface area (Å²) in [5.41, 5.74) is 3.86. The van der Waals surface area contributed by atoms with Gasteiger partial charge < -0.3 is 5.73 Å². The van der Waals surface area contributed by atoms with Crippen LogP contribution in [0, 0.1) is 5.41 Å². The van der Waals surface area contributed by atoms with Crippen molar-refractivity contribution < 1.29 is 10.6 Å². The van der Waals surface area contributed by atoms with Crippen LogP contribution in [0.25, 0.3) is 0 Å². The zero-order valence-corrected chi connectivity index (χ0v) is 8.11. The molecule has 0 aromatic carbocycles. The normalized spacial score (nSPS) is 13.6. The molecule has 0 atom stereocenters. The van der Waals surface area contributed by atoms with Gasteiger partial charge in [-0.05, 0) is 20.3 Å². The largest absolute Gasteiger partial charge is 0.357 e. The van der Waals surface area contributed by atoms with E-state index in [1.165, 1.54) is 0 Å². The second-order valence-corrected chi connectivity index (χ2v) is 4.47. The first-order valence-electron chi connectivity index (χ1n) is 4.00. The molecule has 3 heteroatoms. The van der Waals surface area contributed by atoms with E-state index in [0.29, 0.717) is 0 Å². The molecule has 0 bridgehead atoms. The van der Waals surface area contributed by atoms with Crippen molar-refractivity contribution in [2.45, 2.75) is 39.7 Å². The zero-order chi connectivity index (χ0) is 9.12. The molecule has 0 aliphatic rings. The molecular formula is C8H21N2O+. The van der Waals surface area contributed by atoms with Crippen LogP contribution in [0.4, 0.5) is 0 Å². The molecule has 68 valence electrons. The minimum Gasteiger partial charge on any atom is -0.357 e. The highest BCUT2D eigenvalue weighted by molar-refractivity contribution is 4.78. The van der Waals surface area contributed by atoms with Gasteiger partial charge in [0.2, 0.25) is 0 Å². The molecule has 0 aliphatic carbocycles. The first-order valence-corrected chi connectivity index (χ1v) is 4.00. The second-order valence-electron chi connectivity index (χ2n) is 4.47. The van der Waals surface area contributed by atoms with Crippen LogP contribution in [0.1, 0.15) is 34.1 Å². The number of hydrogen-bond acceptors (Lipinski definition) is 2. The highest BCUT2D eigenvalue weighted by Gasteiger charge is 2.29. The van der Waals surface area contributed by atoms with Crippen molar-refractivity contribution in [3.8, 4) is 0 Å². The van der Waals surface area contributed by atoms with Gasteiger partial charge in [0.05, 0.1) is 12.1 Å². The molecular weight excluding hydrogens is 140 g/mol. The third-order valence-electron chi connectivity index (χ3n) is 1.90. The van der Waals surface area contributed by atoms with Gasteiger partial charge in [0.25, 0.3) is 0 Å². The van der Waals surface area contributed by atoms with Crippen LogP contribution in [0.2, 0.25) is 0 Å². The van der Waals surface area contributed by atoms with E-state index in [1.54, 1.807) is 0 Å². The zero-order valence-electron chi connectivity index (χ0n) is 8.11. The molecule has 0 aliphatic heterocycles. The van der Waals surface area contributed by atoms with Crippen LogP contribution in [0.5, 0.6) is 0 Å². The van der Waals surface area contributed by atoms with Gasteiger partial charge in [0, 0.05) is 5.41 Å². The number of quaternary nitrogens is 1. The summed E-state index contributed by atoms with van der Waals surface area (Å²) < 4.78 is 0. The predicted octanol–water partition coefficient (Wildman–Crippen LogP) is 0.314. The Balaban J connectivity index is 4.02. The SMILES string of the molecule is CC(C)(C[NH3+])CC(C)(C)ON. The van der Waals surface area contributed by atoms with Crippen LogP contribution >= 0.6 is 0 Å². The lowest BCUT2D eigenvalue weighted by Gasteiger charge is -2.30. The molecule has 5 N–H and O–H groups in total. The lowest BCUT2D eigenvalue weighted by Crippen LogP contribution is -2.58. The predicted molar refractivity (Wildman–Crippen MR) is 45.5 cm³/mol. The van der Waals surface area contributed by atoms with Gasteiger partial charge in [-0.2, -0.15) is 0 Å². The third kappa shape index (κ3) is 4.35. The molecule has 0 unspecified atom stereocenters. The average molecular weight is 161 g/mol. The Bertz CT molecular complexity index is 107. The topological polar surface area (TPSA) is 62.9 Å². The van der Waals surface area contributed by atoms with Crippen LogP contribution in [0.15, 0.2) is 0 Å². The van der Waals surface area contributed by atoms with Gasteiger partial charge in [-0.25, -0.2) is 5.90 Å². The Morgan fingerprint density at radius 3 is 2.00 bits per heavy atom. The van der Waals surface area contributed by atoms with E-state index in [0.717, 1.165) is 13.0 Å². The molecule has 0 spiro atoms. The van der Waals surface area contributed by atoms with Gasteiger partial charge in [-0.1, -0.05) is 13.8 Å². The molecule has 0 saturated carbocycles. The van der Waals surface area contributed by atoms with E-state index in [9.17, 15) is 0 Å². The molecule has 0 aromatic rings. The van der Waals surface area contributed by atoms with Crippen LogP contribution < -0.4 is 11.6 Å². The molecule has 11 heavy (non-hydrogen) atoms. The van der Waals surface area contributed by atoms with Gasteiger partial charge in [0.1, 0.15) is 0 Å². The molecule has 0 radical (unpaired) electrons. The van der Waals surface area contributed by atoms with Gasteiger partial charge >= 0.3 is 0 Å². The minimum atomic E-state index is -0.235. The highest BCUT2D eigenvalue weighted by Crippen LogP contribution is 2.27. The van der Waals surface area contributed by atoms with E-state index in [2.05, 4.69) is 19.6 Å². The Labute approximate surface area is 69.0 Å². The van der Waals surface area contributed by atoms with E-state index in [4.69, 9.17) is 10.7 Å². The lowest BCUT2D eigenvalue weighted by molar-refractivity contribution is -0.392. The smallest absolute Gasteiger partial charge is 0.0845 e. The van der Waals surface area contributed by atoms with Gasteiger partial charge in [-0.15, -0.1) is 0 Å². The Hall–Kier alpha value is -0.120. The fourth-order valence-corrected chi connectivity index (χ4v) is 1.28. The highest BCUT2D eigenvalue weighted by atomic mass is 16.6. The van der Waals surface area contributed by atoms with Crippen LogP contribution in [-0.2, 0) is 4.84 Å². The first kappa shape index (κ1) is 10.9. The summed E-state index contributed by atoms with van der Waals surface area (Å²) in [6.45, 7) is 9.22. The van der Waals surface area contributed by atoms with E-state index >= 15 is 0 Å². The quantitative estimate of drug-likeness (QED) is 0.583. The molecule has 0 aromatic heterocycles. The Kier molecular flexibility index (Phi) is 3.48. The molecule has 0 fully saturated rings.